The molecule has 2 N–H and O–H groups in total. The van der Waals surface area contributed by atoms with Gasteiger partial charge in [0.25, 0.3) is 0 Å². The molecule has 0 spiro atoms. The molecule has 0 radical (unpaired) electrons. The van der Waals surface area contributed by atoms with Gasteiger partial charge in [0, 0.05) is 10.5 Å². The van der Waals surface area contributed by atoms with Gasteiger partial charge in [-0.1, -0.05) is 29.3 Å². The maximum Gasteiger partial charge on any atom is 0.242 e. The highest BCUT2D eigenvalue weighted by atomic mass is 79.9. The highest BCUT2D eigenvalue weighted by Gasteiger charge is 2.16. The van der Waals surface area contributed by atoms with E-state index in [9.17, 15) is 4.79 Å². The summed E-state index contributed by atoms with van der Waals surface area (Å²) in [6.07, 6.45) is 2.04. The van der Waals surface area contributed by atoms with Crippen LogP contribution in [-0.2, 0) is 4.79 Å². The van der Waals surface area contributed by atoms with Crippen molar-refractivity contribution in [2.45, 2.75) is 45.7 Å². The highest BCUT2D eigenvalue weighted by Crippen LogP contribution is 2.28. The quantitative estimate of drug-likeness (QED) is 0.796. The van der Waals surface area contributed by atoms with Crippen LogP contribution < -0.4 is 15.4 Å². The number of hydrogen-bond acceptors (Lipinski definition) is 3. The zero-order valence-corrected chi connectivity index (χ0v) is 14.1. The van der Waals surface area contributed by atoms with Crippen molar-refractivity contribution in [3.05, 3.63) is 22.7 Å². The molecule has 4 nitrogen and oxygen atoms in total. The fourth-order valence-corrected chi connectivity index (χ4v) is 2.33. The molecule has 20 heavy (non-hydrogen) atoms. The first-order chi connectivity index (χ1) is 9.47. The van der Waals surface area contributed by atoms with Gasteiger partial charge in [0.05, 0.1) is 12.8 Å². The van der Waals surface area contributed by atoms with Crippen LogP contribution in [0.4, 0.5) is 5.69 Å². The lowest BCUT2D eigenvalue weighted by atomic mass is 10.2. The van der Waals surface area contributed by atoms with Crippen molar-refractivity contribution < 1.29 is 9.53 Å². The molecule has 2 atom stereocenters. The fraction of sp³-hybridized carbons (Fsp3) is 0.533. The average Bonchev–Trinajstić information content (AvgIpc) is 2.39. The summed E-state index contributed by atoms with van der Waals surface area (Å²) in [6, 6.07) is 5.53. The molecule has 0 bridgehead atoms. The van der Waals surface area contributed by atoms with Crippen LogP contribution in [0.5, 0.6) is 5.75 Å². The van der Waals surface area contributed by atoms with E-state index in [-0.39, 0.29) is 18.0 Å². The molecule has 0 saturated carbocycles. The molecule has 1 amide bonds. The molecule has 0 heterocycles. The number of hydrogen-bond donors (Lipinski definition) is 2. The lowest BCUT2D eigenvalue weighted by Crippen LogP contribution is -2.42. The number of amides is 1. The van der Waals surface area contributed by atoms with Crippen LogP contribution in [0.3, 0.4) is 0 Å². The molecule has 1 aromatic carbocycles. The molecule has 0 fully saturated rings. The summed E-state index contributed by atoms with van der Waals surface area (Å²) in [6.45, 7) is 5.97. The third kappa shape index (κ3) is 5.04. The van der Waals surface area contributed by atoms with E-state index in [0.29, 0.717) is 0 Å². The Morgan fingerprint density at radius 3 is 2.70 bits per heavy atom. The van der Waals surface area contributed by atoms with E-state index >= 15 is 0 Å². The lowest BCUT2D eigenvalue weighted by Gasteiger charge is -2.20. The van der Waals surface area contributed by atoms with Crippen LogP contribution in [0.25, 0.3) is 0 Å². The summed E-state index contributed by atoms with van der Waals surface area (Å²) >= 11 is 3.42. The van der Waals surface area contributed by atoms with Crippen molar-refractivity contribution in [3.8, 4) is 5.75 Å². The molecule has 0 aliphatic heterocycles. The fourth-order valence-electron chi connectivity index (χ4n) is 1.96. The van der Waals surface area contributed by atoms with Gasteiger partial charge in [-0.3, -0.25) is 4.79 Å². The summed E-state index contributed by atoms with van der Waals surface area (Å²) in [5, 5.41) is 6.18. The van der Waals surface area contributed by atoms with Crippen molar-refractivity contribution >= 4 is 27.5 Å². The number of methoxy groups -OCH3 is 1. The lowest BCUT2D eigenvalue weighted by molar-refractivity contribution is -0.122. The number of anilines is 1. The maximum atomic E-state index is 12.1. The summed E-state index contributed by atoms with van der Waals surface area (Å²) in [7, 11) is 1.61. The second-order valence-corrected chi connectivity index (χ2v) is 5.82. The van der Waals surface area contributed by atoms with Crippen LogP contribution >= 0.6 is 15.9 Å². The van der Waals surface area contributed by atoms with Gasteiger partial charge >= 0.3 is 0 Å². The number of carbonyl (C=O) groups excluding carboxylic acids is 1. The highest BCUT2D eigenvalue weighted by molar-refractivity contribution is 9.10. The molecule has 0 aromatic heterocycles. The molecule has 0 aliphatic carbocycles. The number of nitrogens with one attached hydrogen (secondary N) is 2. The Labute approximate surface area is 129 Å². The Morgan fingerprint density at radius 2 is 2.10 bits per heavy atom. The average molecular weight is 343 g/mol. The van der Waals surface area contributed by atoms with Gasteiger partial charge in [0.15, 0.2) is 0 Å². The molecule has 1 rings (SSSR count). The second-order valence-electron chi connectivity index (χ2n) is 4.91. The number of carbonyl (C=O) groups is 1. The van der Waals surface area contributed by atoms with Crippen LogP contribution in [0, 0.1) is 0 Å². The largest absolute Gasteiger partial charge is 0.495 e. The van der Waals surface area contributed by atoms with Crippen LogP contribution in [0.1, 0.15) is 33.6 Å². The molecule has 112 valence electrons. The van der Waals surface area contributed by atoms with E-state index in [1.54, 1.807) is 7.11 Å². The predicted molar refractivity (Wildman–Crippen MR) is 86.3 cm³/mol. The van der Waals surface area contributed by atoms with E-state index < -0.39 is 0 Å². The van der Waals surface area contributed by atoms with Gasteiger partial charge in [0.1, 0.15) is 11.8 Å². The zero-order chi connectivity index (χ0) is 15.1. The van der Waals surface area contributed by atoms with Crippen molar-refractivity contribution in [2.24, 2.45) is 0 Å². The minimum atomic E-state index is -0.322. The van der Waals surface area contributed by atoms with Crippen molar-refractivity contribution in [1.29, 1.82) is 0 Å². The van der Waals surface area contributed by atoms with Crippen LogP contribution in [0.15, 0.2) is 22.7 Å². The Morgan fingerprint density at radius 1 is 1.40 bits per heavy atom. The van der Waals surface area contributed by atoms with E-state index in [4.69, 9.17) is 4.74 Å². The van der Waals surface area contributed by atoms with Crippen LogP contribution in [-0.4, -0.2) is 25.1 Å². The van der Waals surface area contributed by atoms with Crippen molar-refractivity contribution in [2.75, 3.05) is 12.4 Å². The van der Waals surface area contributed by atoms with Gasteiger partial charge in [-0.15, -0.1) is 0 Å². The Bertz CT molecular complexity index is 451. The minimum Gasteiger partial charge on any atom is -0.495 e. The number of rotatable bonds is 7. The Kier molecular flexibility index (Phi) is 6.85. The van der Waals surface area contributed by atoms with Crippen LogP contribution in [0.2, 0.25) is 0 Å². The first-order valence-corrected chi connectivity index (χ1v) is 7.67. The molecule has 1 aromatic rings. The number of benzene rings is 1. The molecular weight excluding hydrogens is 320 g/mol. The molecule has 0 aliphatic rings. The van der Waals surface area contributed by atoms with Crippen molar-refractivity contribution in [3.63, 3.8) is 0 Å². The van der Waals surface area contributed by atoms with Gasteiger partial charge in [-0.05, 0) is 38.5 Å². The minimum absolute atomic E-state index is 0.00650. The first kappa shape index (κ1) is 16.8. The van der Waals surface area contributed by atoms with E-state index in [1.165, 1.54) is 0 Å². The molecule has 2 unspecified atom stereocenters. The topological polar surface area (TPSA) is 50.4 Å². The third-order valence-corrected chi connectivity index (χ3v) is 3.53. The van der Waals surface area contributed by atoms with E-state index in [0.717, 1.165) is 28.8 Å². The van der Waals surface area contributed by atoms with Gasteiger partial charge in [-0.2, -0.15) is 0 Å². The second kappa shape index (κ2) is 8.15. The monoisotopic (exact) mass is 342 g/mol. The van der Waals surface area contributed by atoms with E-state index in [1.807, 2.05) is 32.0 Å². The van der Waals surface area contributed by atoms with Gasteiger partial charge in [0.2, 0.25) is 5.91 Å². The first-order valence-electron chi connectivity index (χ1n) is 6.88. The Balaban J connectivity index is 2.67. The number of halogens is 1. The molecule has 0 saturated heterocycles. The normalized spacial score (nSPS) is 13.4. The van der Waals surface area contributed by atoms with Gasteiger partial charge < -0.3 is 15.4 Å². The summed E-state index contributed by atoms with van der Waals surface area (Å²) < 4.78 is 6.22. The number of ether oxygens (including phenoxy) is 1. The Hall–Kier alpha value is -1.23. The summed E-state index contributed by atoms with van der Waals surface area (Å²) in [5.74, 6) is 0.711. The van der Waals surface area contributed by atoms with Gasteiger partial charge in [-0.25, -0.2) is 0 Å². The molecular formula is C15H23BrN2O2. The summed E-state index contributed by atoms with van der Waals surface area (Å²) in [4.78, 5) is 12.1. The zero-order valence-electron chi connectivity index (χ0n) is 12.5. The predicted octanol–water partition coefficient (Wildman–Crippen LogP) is 3.56. The SMILES string of the molecule is CCCC(C)NC(=O)C(C)Nc1cc(Br)ccc1OC. The van der Waals surface area contributed by atoms with Crippen molar-refractivity contribution in [1.82, 2.24) is 5.32 Å². The van der Waals surface area contributed by atoms with E-state index in [2.05, 4.69) is 33.5 Å². The third-order valence-electron chi connectivity index (χ3n) is 3.04. The summed E-state index contributed by atoms with van der Waals surface area (Å²) in [5.41, 5.74) is 0.799. The molecule has 5 heteroatoms. The smallest absolute Gasteiger partial charge is 0.242 e. The standard InChI is InChI=1S/C15H23BrN2O2/c1-5-6-10(2)17-15(19)11(3)18-13-9-12(16)7-8-14(13)20-4/h7-11,18H,5-6H2,1-4H3,(H,17,19). The maximum absolute atomic E-state index is 12.1.